The largest absolute Gasteiger partial charge is 0.355 e. The van der Waals surface area contributed by atoms with Crippen molar-refractivity contribution < 1.29 is 9.59 Å². The number of amides is 1. The normalized spacial score (nSPS) is 10.7. The summed E-state index contributed by atoms with van der Waals surface area (Å²) >= 11 is 1.50. The molecule has 18 heavy (non-hydrogen) atoms. The lowest BCUT2D eigenvalue weighted by Crippen LogP contribution is -2.39. The second-order valence-electron chi connectivity index (χ2n) is 4.09. The summed E-state index contributed by atoms with van der Waals surface area (Å²) in [6.07, 6.45) is 0. The molecule has 0 bridgehead atoms. The Kier molecular flexibility index (Phi) is 6.01. The van der Waals surface area contributed by atoms with E-state index in [2.05, 4.69) is 5.32 Å². The number of Topliss-reactive ketones (excluding diaryl/α,β-unsaturated/α-hetero) is 1. The van der Waals surface area contributed by atoms with Crippen molar-refractivity contribution in [2.75, 3.05) is 26.2 Å². The number of thiophene rings is 1. The third kappa shape index (κ3) is 4.58. The molecule has 1 aromatic rings. The number of rotatable bonds is 7. The summed E-state index contributed by atoms with van der Waals surface area (Å²) in [6, 6.07) is 3.79. The van der Waals surface area contributed by atoms with E-state index in [9.17, 15) is 9.59 Å². The predicted octanol–water partition coefficient (Wildman–Crippen LogP) is 1.70. The lowest BCUT2D eigenvalue weighted by atomic mass is 10.3. The minimum atomic E-state index is -0.0329. The van der Waals surface area contributed by atoms with Crippen molar-refractivity contribution in [3.63, 3.8) is 0 Å². The lowest BCUT2D eigenvalue weighted by molar-refractivity contribution is -0.121. The van der Waals surface area contributed by atoms with Crippen LogP contribution < -0.4 is 5.32 Å². The van der Waals surface area contributed by atoms with Gasteiger partial charge < -0.3 is 5.32 Å². The number of hydrogen-bond donors (Lipinski definition) is 1. The number of likely N-dealkylation sites (N-methyl/N-ethyl adjacent to an activating group) is 2. The fourth-order valence-electron chi connectivity index (χ4n) is 1.60. The topological polar surface area (TPSA) is 49.4 Å². The van der Waals surface area contributed by atoms with Crippen LogP contribution in [-0.2, 0) is 4.79 Å². The Hall–Kier alpha value is -1.20. The molecule has 1 N–H and O–H groups in total. The van der Waals surface area contributed by atoms with Gasteiger partial charge in [0.05, 0.1) is 18.0 Å². The van der Waals surface area contributed by atoms with Gasteiger partial charge in [0, 0.05) is 11.4 Å². The third-order valence-corrected chi connectivity index (χ3v) is 3.61. The summed E-state index contributed by atoms with van der Waals surface area (Å²) < 4.78 is 0. The number of hydrogen-bond acceptors (Lipinski definition) is 4. The zero-order valence-corrected chi connectivity index (χ0v) is 12.0. The van der Waals surface area contributed by atoms with Crippen LogP contribution in [-0.4, -0.2) is 42.8 Å². The number of nitrogens with zero attached hydrogens (tertiary/aromatic N) is 1. The molecule has 0 unspecified atom stereocenters. The number of carbonyl (C=O) groups excluding carboxylic acids is 2. The van der Waals surface area contributed by atoms with Crippen LogP contribution >= 0.6 is 11.3 Å². The molecule has 0 atom stereocenters. The molecule has 0 radical (unpaired) electrons. The first-order chi connectivity index (χ1) is 8.56. The smallest absolute Gasteiger partial charge is 0.234 e. The quantitative estimate of drug-likeness (QED) is 0.766. The molecule has 1 rings (SSSR count). The van der Waals surface area contributed by atoms with Crippen molar-refractivity contribution in [1.82, 2.24) is 10.2 Å². The third-order valence-electron chi connectivity index (χ3n) is 2.57. The van der Waals surface area contributed by atoms with Gasteiger partial charge >= 0.3 is 0 Å². The van der Waals surface area contributed by atoms with Crippen molar-refractivity contribution in [2.24, 2.45) is 0 Å². The maximum Gasteiger partial charge on any atom is 0.234 e. The SMILES string of the molecule is CCNC(=O)CN(CC)CC(=O)c1ccc(C)s1. The van der Waals surface area contributed by atoms with Gasteiger partial charge in [0.15, 0.2) is 5.78 Å². The van der Waals surface area contributed by atoms with Gasteiger partial charge in [0.25, 0.3) is 0 Å². The van der Waals surface area contributed by atoms with E-state index < -0.39 is 0 Å². The molecule has 0 spiro atoms. The molecule has 0 saturated heterocycles. The number of ketones is 1. The van der Waals surface area contributed by atoms with Gasteiger partial charge in [-0.2, -0.15) is 0 Å². The van der Waals surface area contributed by atoms with Crippen molar-refractivity contribution in [3.05, 3.63) is 21.9 Å². The monoisotopic (exact) mass is 268 g/mol. The molecular formula is C13H20N2O2S. The van der Waals surface area contributed by atoms with Gasteiger partial charge in [-0.1, -0.05) is 6.92 Å². The van der Waals surface area contributed by atoms with E-state index in [1.54, 1.807) is 0 Å². The van der Waals surface area contributed by atoms with Gasteiger partial charge in [0.2, 0.25) is 5.91 Å². The minimum absolute atomic E-state index is 0.0329. The summed E-state index contributed by atoms with van der Waals surface area (Å²) in [6.45, 7) is 7.70. The lowest BCUT2D eigenvalue weighted by Gasteiger charge is -2.18. The van der Waals surface area contributed by atoms with Crippen LogP contribution in [0.1, 0.15) is 28.4 Å². The van der Waals surface area contributed by atoms with Gasteiger partial charge in [-0.3, -0.25) is 14.5 Å². The van der Waals surface area contributed by atoms with Crippen LogP contribution in [0.15, 0.2) is 12.1 Å². The van der Waals surface area contributed by atoms with E-state index >= 15 is 0 Å². The number of nitrogens with one attached hydrogen (secondary N) is 1. The first-order valence-corrected chi connectivity index (χ1v) is 6.97. The minimum Gasteiger partial charge on any atom is -0.355 e. The molecule has 5 heteroatoms. The Labute approximate surface area is 112 Å². The van der Waals surface area contributed by atoms with E-state index in [1.807, 2.05) is 37.8 Å². The van der Waals surface area contributed by atoms with E-state index in [1.165, 1.54) is 11.3 Å². The zero-order valence-electron chi connectivity index (χ0n) is 11.2. The van der Waals surface area contributed by atoms with Gasteiger partial charge in [-0.15, -0.1) is 11.3 Å². The Morgan fingerprint density at radius 1 is 1.28 bits per heavy atom. The summed E-state index contributed by atoms with van der Waals surface area (Å²) in [4.78, 5) is 27.2. The number of carbonyl (C=O) groups is 2. The van der Waals surface area contributed by atoms with Crippen LogP contribution in [0.2, 0.25) is 0 Å². The average molecular weight is 268 g/mol. The van der Waals surface area contributed by atoms with Crippen LogP contribution in [0.5, 0.6) is 0 Å². The molecule has 0 saturated carbocycles. The molecule has 0 aromatic carbocycles. The summed E-state index contributed by atoms with van der Waals surface area (Å²) in [5, 5.41) is 2.74. The maximum absolute atomic E-state index is 12.0. The molecule has 0 aliphatic carbocycles. The highest BCUT2D eigenvalue weighted by Gasteiger charge is 2.15. The Morgan fingerprint density at radius 3 is 2.50 bits per heavy atom. The predicted molar refractivity (Wildman–Crippen MR) is 74.2 cm³/mol. The van der Waals surface area contributed by atoms with Crippen LogP contribution in [0, 0.1) is 6.92 Å². The second kappa shape index (κ2) is 7.28. The first kappa shape index (κ1) is 14.9. The molecule has 1 heterocycles. The molecule has 0 fully saturated rings. The highest BCUT2D eigenvalue weighted by Crippen LogP contribution is 2.15. The maximum atomic E-state index is 12.0. The molecule has 100 valence electrons. The molecule has 1 aromatic heterocycles. The Morgan fingerprint density at radius 2 is 2.00 bits per heavy atom. The Bertz CT molecular complexity index is 415. The van der Waals surface area contributed by atoms with Crippen molar-refractivity contribution in [2.45, 2.75) is 20.8 Å². The fourth-order valence-corrected chi connectivity index (χ4v) is 2.40. The van der Waals surface area contributed by atoms with Crippen LogP contribution in [0.3, 0.4) is 0 Å². The van der Waals surface area contributed by atoms with Crippen LogP contribution in [0.4, 0.5) is 0 Å². The molecule has 4 nitrogen and oxygen atoms in total. The molecular weight excluding hydrogens is 248 g/mol. The standard InChI is InChI=1S/C13H20N2O2S/c1-4-14-13(17)9-15(5-2)8-11(16)12-7-6-10(3)18-12/h6-7H,4-5,8-9H2,1-3H3,(H,14,17). The number of aryl methyl sites for hydroxylation is 1. The highest BCUT2D eigenvalue weighted by molar-refractivity contribution is 7.14. The average Bonchev–Trinajstić information content (AvgIpc) is 2.75. The summed E-state index contributed by atoms with van der Waals surface area (Å²) in [7, 11) is 0. The highest BCUT2D eigenvalue weighted by atomic mass is 32.1. The Balaban J connectivity index is 2.52. The van der Waals surface area contributed by atoms with Gasteiger partial charge in [0.1, 0.15) is 0 Å². The van der Waals surface area contributed by atoms with E-state index in [-0.39, 0.29) is 18.2 Å². The van der Waals surface area contributed by atoms with Crippen molar-refractivity contribution >= 4 is 23.0 Å². The second-order valence-corrected chi connectivity index (χ2v) is 5.38. The summed E-state index contributed by atoms with van der Waals surface area (Å²) in [5.74, 6) is 0.0498. The molecule has 1 amide bonds. The van der Waals surface area contributed by atoms with E-state index in [0.29, 0.717) is 19.6 Å². The van der Waals surface area contributed by atoms with Crippen molar-refractivity contribution in [3.8, 4) is 0 Å². The first-order valence-electron chi connectivity index (χ1n) is 6.15. The fraction of sp³-hybridized carbons (Fsp3) is 0.538. The van der Waals surface area contributed by atoms with Crippen LogP contribution in [0.25, 0.3) is 0 Å². The van der Waals surface area contributed by atoms with Gasteiger partial charge in [-0.05, 0) is 32.5 Å². The van der Waals surface area contributed by atoms with Crippen molar-refractivity contribution in [1.29, 1.82) is 0 Å². The molecule has 0 aliphatic heterocycles. The van der Waals surface area contributed by atoms with E-state index in [0.717, 1.165) is 9.75 Å². The zero-order chi connectivity index (χ0) is 13.5. The molecule has 0 aliphatic rings. The van der Waals surface area contributed by atoms with E-state index in [4.69, 9.17) is 0 Å². The van der Waals surface area contributed by atoms with Gasteiger partial charge in [-0.25, -0.2) is 0 Å². The summed E-state index contributed by atoms with van der Waals surface area (Å²) in [5.41, 5.74) is 0.